The second-order valence-corrected chi connectivity index (χ2v) is 6.16. The molecule has 1 aliphatic rings. The third kappa shape index (κ3) is 3.87. The normalized spacial score (nSPS) is 18.0. The first kappa shape index (κ1) is 16.3. The number of ether oxygens (including phenoxy) is 1. The zero-order valence-corrected chi connectivity index (χ0v) is 13.0. The first-order chi connectivity index (χ1) is 10.9. The SMILES string of the molecule is FC(F)(F)c1ccc(Cl)c(COCC2CCc3[nH]cnc3C2)c1. The van der Waals surface area contributed by atoms with Crippen LogP contribution in [0.3, 0.4) is 0 Å². The van der Waals surface area contributed by atoms with Crippen molar-refractivity contribution >= 4 is 11.6 Å². The molecule has 0 saturated heterocycles. The lowest BCUT2D eigenvalue weighted by atomic mass is 9.90. The molecule has 7 heteroatoms. The largest absolute Gasteiger partial charge is 0.416 e. The first-order valence-electron chi connectivity index (χ1n) is 7.38. The fraction of sp³-hybridized carbons (Fsp3) is 0.438. The molecule has 0 fully saturated rings. The van der Waals surface area contributed by atoms with Crippen LogP contribution in [0.2, 0.25) is 5.02 Å². The smallest absolute Gasteiger partial charge is 0.376 e. The zero-order chi connectivity index (χ0) is 16.4. The highest BCUT2D eigenvalue weighted by molar-refractivity contribution is 6.31. The third-order valence-electron chi connectivity index (χ3n) is 4.08. The number of aromatic nitrogens is 2. The van der Waals surface area contributed by atoms with Crippen molar-refractivity contribution in [1.29, 1.82) is 0 Å². The molecule has 0 saturated carbocycles. The predicted octanol–water partition coefficient (Wildman–Crippen LogP) is 4.40. The number of H-pyrrole nitrogens is 1. The zero-order valence-electron chi connectivity index (χ0n) is 12.3. The summed E-state index contributed by atoms with van der Waals surface area (Å²) in [5.74, 6) is 0.329. The second-order valence-electron chi connectivity index (χ2n) is 5.76. The molecule has 1 aromatic heterocycles. The summed E-state index contributed by atoms with van der Waals surface area (Å²) in [7, 11) is 0. The Hall–Kier alpha value is -1.53. The number of alkyl halides is 3. The molecule has 0 aliphatic heterocycles. The van der Waals surface area contributed by atoms with E-state index in [2.05, 4.69) is 9.97 Å². The molecule has 0 amide bonds. The van der Waals surface area contributed by atoms with Crippen molar-refractivity contribution < 1.29 is 17.9 Å². The second kappa shape index (κ2) is 6.53. The summed E-state index contributed by atoms with van der Waals surface area (Å²) in [4.78, 5) is 7.38. The monoisotopic (exact) mass is 344 g/mol. The maximum atomic E-state index is 12.7. The van der Waals surface area contributed by atoms with E-state index in [-0.39, 0.29) is 11.6 Å². The highest BCUT2D eigenvalue weighted by Gasteiger charge is 2.31. The van der Waals surface area contributed by atoms with Gasteiger partial charge in [-0.2, -0.15) is 13.2 Å². The molecule has 2 aromatic rings. The van der Waals surface area contributed by atoms with Gasteiger partial charge in [0.25, 0.3) is 0 Å². The molecule has 0 spiro atoms. The number of aryl methyl sites for hydroxylation is 1. The van der Waals surface area contributed by atoms with E-state index in [4.69, 9.17) is 16.3 Å². The Morgan fingerprint density at radius 3 is 2.96 bits per heavy atom. The van der Waals surface area contributed by atoms with Crippen LogP contribution in [0.25, 0.3) is 0 Å². The van der Waals surface area contributed by atoms with E-state index in [1.54, 1.807) is 6.33 Å². The molecular weight excluding hydrogens is 329 g/mol. The number of aromatic amines is 1. The molecule has 1 unspecified atom stereocenters. The lowest BCUT2D eigenvalue weighted by molar-refractivity contribution is -0.137. The summed E-state index contributed by atoms with van der Waals surface area (Å²) >= 11 is 5.96. The van der Waals surface area contributed by atoms with Crippen LogP contribution in [0.15, 0.2) is 24.5 Å². The van der Waals surface area contributed by atoms with Gasteiger partial charge in [-0.05, 0) is 48.9 Å². The molecule has 1 aliphatic carbocycles. The number of benzene rings is 1. The lowest BCUT2D eigenvalue weighted by Crippen LogP contribution is -2.19. The Morgan fingerprint density at radius 2 is 2.17 bits per heavy atom. The van der Waals surface area contributed by atoms with E-state index < -0.39 is 11.7 Å². The topological polar surface area (TPSA) is 37.9 Å². The maximum absolute atomic E-state index is 12.7. The van der Waals surface area contributed by atoms with Gasteiger partial charge in [0.05, 0.1) is 30.8 Å². The number of hydrogen-bond donors (Lipinski definition) is 1. The molecule has 1 heterocycles. The summed E-state index contributed by atoms with van der Waals surface area (Å²) < 4.78 is 43.8. The molecule has 0 bridgehead atoms. The number of hydrogen-bond acceptors (Lipinski definition) is 2. The Kier molecular flexibility index (Phi) is 4.64. The van der Waals surface area contributed by atoms with Gasteiger partial charge < -0.3 is 9.72 Å². The minimum Gasteiger partial charge on any atom is -0.376 e. The van der Waals surface area contributed by atoms with E-state index in [0.29, 0.717) is 18.1 Å². The predicted molar refractivity (Wildman–Crippen MR) is 80.2 cm³/mol. The molecule has 3 rings (SSSR count). The van der Waals surface area contributed by atoms with Gasteiger partial charge in [0.2, 0.25) is 0 Å². The molecule has 1 atom stereocenters. The van der Waals surface area contributed by atoms with Crippen LogP contribution in [0.1, 0.15) is 28.9 Å². The number of fused-ring (bicyclic) bond motifs is 1. The van der Waals surface area contributed by atoms with Crippen molar-refractivity contribution in [1.82, 2.24) is 9.97 Å². The quantitative estimate of drug-likeness (QED) is 0.892. The van der Waals surface area contributed by atoms with E-state index in [0.717, 1.165) is 37.1 Å². The maximum Gasteiger partial charge on any atom is 0.416 e. The summed E-state index contributed by atoms with van der Waals surface area (Å²) in [6.07, 6.45) is 0.0454. The van der Waals surface area contributed by atoms with Crippen LogP contribution in [0, 0.1) is 5.92 Å². The Morgan fingerprint density at radius 1 is 1.35 bits per heavy atom. The first-order valence-corrected chi connectivity index (χ1v) is 7.76. The molecule has 3 nitrogen and oxygen atoms in total. The minimum atomic E-state index is -4.38. The highest BCUT2D eigenvalue weighted by atomic mass is 35.5. The Balaban J connectivity index is 1.57. The Bertz CT molecular complexity index is 684. The molecule has 1 N–H and O–H groups in total. The van der Waals surface area contributed by atoms with Gasteiger partial charge in [-0.25, -0.2) is 4.98 Å². The third-order valence-corrected chi connectivity index (χ3v) is 4.45. The van der Waals surface area contributed by atoms with E-state index in [1.165, 1.54) is 11.8 Å². The van der Waals surface area contributed by atoms with Crippen LogP contribution in [0.5, 0.6) is 0 Å². The minimum absolute atomic E-state index is 0.0761. The van der Waals surface area contributed by atoms with Crippen LogP contribution >= 0.6 is 11.6 Å². The van der Waals surface area contributed by atoms with Crippen molar-refractivity contribution in [3.8, 4) is 0 Å². The van der Waals surface area contributed by atoms with Crippen LogP contribution in [0.4, 0.5) is 13.2 Å². The van der Waals surface area contributed by atoms with Gasteiger partial charge in [0.1, 0.15) is 0 Å². The van der Waals surface area contributed by atoms with Crippen LogP contribution in [-0.2, 0) is 30.4 Å². The summed E-state index contributed by atoms with van der Waals surface area (Å²) in [6.45, 7) is 0.561. The van der Waals surface area contributed by atoms with Crippen molar-refractivity contribution in [3.05, 3.63) is 52.1 Å². The average molecular weight is 345 g/mol. The Labute approximate surface area is 136 Å². The molecule has 0 radical (unpaired) electrons. The standard InChI is InChI=1S/C16H16ClF3N2O/c17-13-3-2-12(16(18,19)20)6-11(13)8-23-7-10-1-4-14-15(5-10)22-9-21-14/h2-3,6,9-10H,1,4-5,7-8H2,(H,21,22). The van der Waals surface area contributed by atoms with Gasteiger partial charge in [-0.3, -0.25) is 0 Å². The highest BCUT2D eigenvalue weighted by Crippen LogP contribution is 2.32. The summed E-state index contributed by atoms with van der Waals surface area (Å²) in [6, 6.07) is 3.29. The van der Waals surface area contributed by atoms with E-state index in [9.17, 15) is 13.2 Å². The summed E-state index contributed by atoms with van der Waals surface area (Å²) in [5, 5.41) is 0.288. The number of imidazole rings is 1. The molecule has 124 valence electrons. The van der Waals surface area contributed by atoms with Gasteiger partial charge in [0, 0.05) is 10.7 Å². The fourth-order valence-electron chi connectivity index (χ4n) is 2.81. The molecular formula is C16H16ClF3N2O. The molecule has 1 aromatic carbocycles. The van der Waals surface area contributed by atoms with Crippen molar-refractivity contribution in [2.45, 2.75) is 32.0 Å². The molecule has 23 heavy (non-hydrogen) atoms. The van der Waals surface area contributed by atoms with Crippen molar-refractivity contribution in [3.63, 3.8) is 0 Å². The number of nitrogens with zero attached hydrogens (tertiary/aromatic N) is 1. The summed E-state index contributed by atoms with van der Waals surface area (Å²) in [5.41, 5.74) is 1.88. The average Bonchev–Trinajstić information content (AvgIpc) is 2.95. The van der Waals surface area contributed by atoms with Gasteiger partial charge >= 0.3 is 6.18 Å². The van der Waals surface area contributed by atoms with Gasteiger partial charge in [0.15, 0.2) is 0 Å². The van der Waals surface area contributed by atoms with E-state index in [1.807, 2.05) is 0 Å². The van der Waals surface area contributed by atoms with Crippen molar-refractivity contribution in [2.75, 3.05) is 6.61 Å². The van der Waals surface area contributed by atoms with Crippen LogP contribution in [-0.4, -0.2) is 16.6 Å². The van der Waals surface area contributed by atoms with Gasteiger partial charge in [-0.1, -0.05) is 11.6 Å². The van der Waals surface area contributed by atoms with Crippen LogP contribution < -0.4 is 0 Å². The number of nitrogens with one attached hydrogen (secondary N) is 1. The number of halogens is 4. The van der Waals surface area contributed by atoms with Crippen molar-refractivity contribution in [2.24, 2.45) is 5.92 Å². The number of rotatable bonds is 4. The lowest BCUT2D eigenvalue weighted by Gasteiger charge is -2.21. The van der Waals surface area contributed by atoms with Gasteiger partial charge in [-0.15, -0.1) is 0 Å². The fourth-order valence-corrected chi connectivity index (χ4v) is 2.98. The van der Waals surface area contributed by atoms with E-state index >= 15 is 0 Å².